The third-order valence-electron chi connectivity index (χ3n) is 6.05. The minimum absolute atomic E-state index is 0.0156. The minimum Gasteiger partial charge on any atom is -0.480 e. The first-order valence-corrected chi connectivity index (χ1v) is 12.2. The van der Waals surface area contributed by atoms with E-state index in [-0.39, 0.29) is 29.3 Å². The van der Waals surface area contributed by atoms with E-state index in [2.05, 4.69) is 33.0 Å². The average Bonchev–Trinajstić information content (AvgIpc) is 2.67. The van der Waals surface area contributed by atoms with Gasteiger partial charge in [0.15, 0.2) is 11.6 Å². The van der Waals surface area contributed by atoms with Gasteiger partial charge in [0.25, 0.3) is 0 Å². The quantitative estimate of drug-likeness (QED) is 0.341. The number of carbonyl (C=O) groups excluding carboxylic acids is 2. The number of ketones is 2. The lowest BCUT2D eigenvalue weighted by molar-refractivity contribution is -0.139. The Balaban J connectivity index is 4.87. The summed E-state index contributed by atoms with van der Waals surface area (Å²) in [7, 11) is 0. The molecule has 0 rings (SSSR count). The summed E-state index contributed by atoms with van der Waals surface area (Å²) >= 11 is 1.47. The molecule has 0 aromatic rings. The van der Waals surface area contributed by atoms with E-state index < -0.39 is 12.0 Å². The van der Waals surface area contributed by atoms with Gasteiger partial charge in [-0.25, -0.2) is 0 Å². The second-order valence-corrected chi connectivity index (χ2v) is 10.8. The number of allylic oxidation sites excluding steroid dienone is 4. The molecule has 0 bridgehead atoms. The highest BCUT2D eigenvalue weighted by Gasteiger charge is 2.23. The Kier molecular flexibility index (Phi) is 13.3. The molecule has 0 aliphatic carbocycles. The summed E-state index contributed by atoms with van der Waals surface area (Å²) in [5.74, 6) is 0.204. The maximum absolute atomic E-state index is 12.5. The maximum atomic E-state index is 12.5. The molecule has 0 aliphatic heterocycles. The maximum Gasteiger partial charge on any atom is 0.321 e. The van der Waals surface area contributed by atoms with Gasteiger partial charge in [0.05, 0.1) is 0 Å². The van der Waals surface area contributed by atoms with Crippen LogP contribution in [-0.4, -0.2) is 45.7 Å². The summed E-state index contributed by atoms with van der Waals surface area (Å²) in [6.45, 7) is 19.7. The van der Waals surface area contributed by atoms with E-state index >= 15 is 0 Å². The number of carbonyl (C=O) groups is 3. The van der Waals surface area contributed by atoms with Crippen LogP contribution >= 0.6 is 11.8 Å². The first kappa shape index (κ1) is 29.6. The van der Waals surface area contributed by atoms with Crippen LogP contribution in [0.4, 0.5) is 0 Å². The Labute approximate surface area is 193 Å². The number of hydrogen-bond acceptors (Lipinski definition) is 5. The van der Waals surface area contributed by atoms with E-state index in [0.717, 1.165) is 22.3 Å². The van der Waals surface area contributed by atoms with Crippen molar-refractivity contribution in [3.05, 3.63) is 22.3 Å². The summed E-state index contributed by atoms with van der Waals surface area (Å²) < 4.78 is 0. The first-order valence-electron chi connectivity index (χ1n) is 11.2. The molecule has 0 fully saturated rings. The van der Waals surface area contributed by atoms with E-state index in [0.29, 0.717) is 24.0 Å². The average molecular weight is 454 g/mol. The summed E-state index contributed by atoms with van der Waals surface area (Å²) in [5, 5.41) is 12.7. The van der Waals surface area contributed by atoms with Gasteiger partial charge in [-0.3, -0.25) is 14.4 Å². The van der Waals surface area contributed by atoms with Gasteiger partial charge in [-0.15, -0.1) is 0 Å². The Morgan fingerprint density at radius 3 is 1.58 bits per heavy atom. The minimum atomic E-state index is -0.942. The van der Waals surface area contributed by atoms with Crippen molar-refractivity contribution >= 4 is 29.3 Å². The number of Topliss-reactive ketones (excluding diaryl/α,β-unsaturated/α-hetero) is 2. The second kappa shape index (κ2) is 13.9. The van der Waals surface area contributed by atoms with E-state index in [1.165, 1.54) is 11.8 Å². The first-order chi connectivity index (χ1) is 14.2. The van der Waals surface area contributed by atoms with Gasteiger partial charge in [-0.2, -0.15) is 11.8 Å². The summed E-state index contributed by atoms with van der Waals surface area (Å²) in [5.41, 5.74) is 3.74. The zero-order valence-corrected chi connectivity index (χ0v) is 21.9. The standard InChI is InChI=1S/C25H43NO4S/c1-14(2)18(7)20(9)23(27)11-16(5)26-22(25(29)30)13-31-17(6)12-24(28)21(10)19(8)15(3)4/h14-17,22,26H,11-13H2,1-10H3,(H,29,30). The highest BCUT2D eigenvalue weighted by atomic mass is 32.2. The Hall–Kier alpha value is -1.40. The number of hydrogen-bond donors (Lipinski definition) is 2. The van der Waals surface area contributed by atoms with Crippen molar-refractivity contribution in [1.82, 2.24) is 5.32 Å². The highest BCUT2D eigenvalue weighted by Crippen LogP contribution is 2.21. The molecule has 0 aliphatic rings. The molecule has 0 saturated carbocycles. The van der Waals surface area contributed by atoms with Crippen molar-refractivity contribution in [2.45, 2.75) is 99.4 Å². The largest absolute Gasteiger partial charge is 0.480 e. The van der Waals surface area contributed by atoms with Crippen molar-refractivity contribution in [3.8, 4) is 0 Å². The molecule has 6 heteroatoms. The molecule has 0 amide bonds. The smallest absolute Gasteiger partial charge is 0.321 e. The lowest BCUT2D eigenvalue weighted by atomic mass is 9.95. The summed E-state index contributed by atoms with van der Waals surface area (Å²) in [6.07, 6.45) is 0.649. The van der Waals surface area contributed by atoms with Crippen molar-refractivity contribution in [3.63, 3.8) is 0 Å². The highest BCUT2D eigenvalue weighted by molar-refractivity contribution is 7.99. The molecule has 0 heterocycles. The zero-order chi connectivity index (χ0) is 24.5. The van der Waals surface area contributed by atoms with Gasteiger partial charge in [-0.1, -0.05) is 45.8 Å². The molecule has 0 radical (unpaired) electrons. The van der Waals surface area contributed by atoms with Crippen LogP contribution in [0.2, 0.25) is 0 Å². The fraction of sp³-hybridized carbons (Fsp3) is 0.720. The molecule has 5 nitrogen and oxygen atoms in total. The molecule has 3 unspecified atom stereocenters. The summed E-state index contributed by atoms with van der Waals surface area (Å²) in [4.78, 5) is 36.7. The third kappa shape index (κ3) is 10.6. The van der Waals surface area contributed by atoms with Gasteiger partial charge >= 0.3 is 5.97 Å². The Morgan fingerprint density at radius 1 is 0.774 bits per heavy atom. The molecule has 0 saturated heterocycles. The van der Waals surface area contributed by atoms with Gasteiger partial charge in [0.2, 0.25) is 0 Å². The molecule has 178 valence electrons. The third-order valence-corrected chi connectivity index (χ3v) is 7.31. The Morgan fingerprint density at radius 2 is 1.19 bits per heavy atom. The normalized spacial score (nSPS) is 16.5. The number of carboxylic acid groups (broad SMARTS) is 1. The van der Waals surface area contributed by atoms with Crippen molar-refractivity contribution in [1.29, 1.82) is 0 Å². The van der Waals surface area contributed by atoms with Crippen LogP contribution < -0.4 is 5.32 Å². The number of carboxylic acids is 1. The molecule has 0 spiro atoms. The van der Waals surface area contributed by atoms with Crippen molar-refractivity contribution in [2.24, 2.45) is 11.8 Å². The van der Waals surface area contributed by atoms with E-state index in [4.69, 9.17) is 0 Å². The molecular weight excluding hydrogens is 410 g/mol. The molecular formula is C25H43NO4S. The second-order valence-electron chi connectivity index (χ2n) is 9.28. The zero-order valence-electron chi connectivity index (χ0n) is 21.1. The molecule has 2 N–H and O–H groups in total. The van der Waals surface area contributed by atoms with Crippen LogP contribution in [0.5, 0.6) is 0 Å². The predicted molar refractivity (Wildman–Crippen MR) is 132 cm³/mol. The number of rotatable bonds is 14. The van der Waals surface area contributed by atoms with Gasteiger partial charge in [0, 0.05) is 29.9 Å². The lowest BCUT2D eigenvalue weighted by Gasteiger charge is -2.22. The van der Waals surface area contributed by atoms with Crippen LogP contribution in [0.25, 0.3) is 0 Å². The molecule has 0 aromatic carbocycles. The topological polar surface area (TPSA) is 83.5 Å². The molecule has 3 atom stereocenters. The lowest BCUT2D eigenvalue weighted by Crippen LogP contribution is -2.45. The summed E-state index contributed by atoms with van der Waals surface area (Å²) in [6, 6.07) is -1.02. The number of nitrogens with one attached hydrogen (secondary N) is 1. The van der Waals surface area contributed by atoms with Gasteiger partial charge < -0.3 is 10.4 Å². The van der Waals surface area contributed by atoms with E-state index in [1.807, 2.05) is 41.5 Å². The molecule has 31 heavy (non-hydrogen) atoms. The predicted octanol–water partition coefficient (Wildman–Crippen LogP) is 5.44. The fourth-order valence-electron chi connectivity index (χ4n) is 3.06. The van der Waals surface area contributed by atoms with Crippen LogP contribution in [0.3, 0.4) is 0 Å². The Bertz CT molecular complexity index is 706. The number of thioether (sulfide) groups is 1. The SMILES string of the molecule is CC(C(=O)CC(C)NC(CSC(C)CC(=O)C(C)=C(C)C(C)C)C(=O)O)=C(C)C(C)C. The molecule has 0 aromatic heterocycles. The fourth-order valence-corrected chi connectivity index (χ4v) is 4.09. The van der Waals surface area contributed by atoms with Crippen molar-refractivity contribution < 1.29 is 19.5 Å². The van der Waals surface area contributed by atoms with Crippen LogP contribution in [-0.2, 0) is 14.4 Å². The van der Waals surface area contributed by atoms with Crippen LogP contribution in [0.1, 0.15) is 82.1 Å². The van der Waals surface area contributed by atoms with E-state index in [1.54, 1.807) is 0 Å². The van der Waals surface area contributed by atoms with Crippen LogP contribution in [0.15, 0.2) is 22.3 Å². The van der Waals surface area contributed by atoms with Gasteiger partial charge in [0.1, 0.15) is 6.04 Å². The number of aliphatic carboxylic acids is 1. The van der Waals surface area contributed by atoms with Gasteiger partial charge in [-0.05, 0) is 57.6 Å². The monoisotopic (exact) mass is 453 g/mol. The van der Waals surface area contributed by atoms with Crippen molar-refractivity contribution in [2.75, 3.05) is 5.75 Å². The van der Waals surface area contributed by atoms with E-state index in [9.17, 15) is 19.5 Å². The van der Waals surface area contributed by atoms with Crippen LogP contribution in [0, 0.1) is 11.8 Å².